The molecule has 11 nitrogen and oxygen atoms in total. The molecule has 1 aromatic heterocycles. The van der Waals surface area contributed by atoms with Crippen LogP contribution in [0.3, 0.4) is 0 Å². The van der Waals surface area contributed by atoms with E-state index in [1.807, 2.05) is 0 Å². The molecule has 198 valence electrons. The van der Waals surface area contributed by atoms with Crippen molar-refractivity contribution in [2.45, 2.75) is 19.1 Å². The first-order chi connectivity index (χ1) is 18.3. The Morgan fingerprint density at radius 3 is 2.08 bits per heavy atom. The maximum Gasteiger partial charge on any atom is 0.414 e. The highest BCUT2D eigenvalue weighted by Gasteiger charge is 2.34. The van der Waals surface area contributed by atoms with E-state index < -0.39 is 36.0 Å². The topological polar surface area (TPSA) is 123 Å². The van der Waals surface area contributed by atoms with E-state index >= 15 is 8.78 Å². The minimum absolute atomic E-state index is 0.0242. The van der Waals surface area contributed by atoms with E-state index in [1.165, 1.54) is 53.3 Å². The van der Waals surface area contributed by atoms with E-state index in [-0.39, 0.29) is 60.5 Å². The zero-order chi connectivity index (χ0) is 26.8. The van der Waals surface area contributed by atoms with Crippen LogP contribution in [-0.2, 0) is 14.3 Å². The van der Waals surface area contributed by atoms with Gasteiger partial charge in [0.15, 0.2) is 6.10 Å². The average molecular weight is 528 g/mol. The SMILES string of the molecule is CC(=O)NC[C@H]1CN(c2ccc(-c3ccc(N4C[C@H](COc5ccon5)OC4=O)cc3F)c(F)c2)C(=O)O1. The minimum Gasteiger partial charge on any atom is -0.471 e. The van der Waals surface area contributed by atoms with Crippen LogP contribution < -0.4 is 19.9 Å². The second-order valence-electron chi connectivity index (χ2n) is 8.65. The monoisotopic (exact) mass is 528 g/mol. The lowest BCUT2D eigenvalue weighted by atomic mass is 10.0. The number of ether oxygens (including phenoxy) is 3. The first-order valence-electron chi connectivity index (χ1n) is 11.6. The summed E-state index contributed by atoms with van der Waals surface area (Å²) in [5, 5.41) is 6.17. The quantitative estimate of drug-likeness (QED) is 0.472. The third-order valence-corrected chi connectivity index (χ3v) is 5.98. The zero-order valence-electron chi connectivity index (χ0n) is 20.1. The van der Waals surface area contributed by atoms with Crippen molar-refractivity contribution in [1.82, 2.24) is 10.5 Å². The van der Waals surface area contributed by atoms with Crippen LogP contribution in [0.2, 0.25) is 0 Å². The summed E-state index contributed by atoms with van der Waals surface area (Å²) < 4.78 is 50.7. The molecule has 1 N–H and O–H groups in total. The number of rotatable bonds is 8. The van der Waals surface area contributed by atoms with Gasteiger partial charge in [-0.3, -0.25) is 14.6 Å². The van der Waals surface area contributed by atoms with E-state index in [4.69, 9.17) is 14.2 Å². The lowest BCUT2D eigenvalue weighted by Crippen LogP contribution is -2.33. The van der Waals surface area contributed by atoms with Gasteiger partial charge in [0.1, 0.15) is 30.6 Å². The fourth-order valence-electron chi connectivity index (χ4n) is 4.15. The summed E-state index contributed by atoms with van der Waals surface area (Å²) in [6.07, 6.45) is -1.19. The van der Waals surface area contributed by atoms with Gasteiger partial charge >= 0.3 is 12.2 Å². The third-order valence-electron chi connectivity index (χ3n) is 5.98. The van der Waals surface area contributed by atoms with Crippen LogP contribution in [0.1, 0.15) is 6.92 Å². The number of nitrogens with one attached hydrogen (secondary N) is 1. The van der Waals surface area contributed by atoms with Crippen molar-refractivity contribution in [3.05, 3.63) is 60.4 Å². The molecule has 0 bridgehead atoms. The molecule has 5 rings (SSSR count). The van der Waals surface area contributed by atoms with E-state index in [2.05, 4.69) is 15.0 Å². The lowest BCUT2D eigenvalue weighted by molar-refractivity contribution is -0.119. The molecule has 3 heterocycles. The Morgan fingerprint density at radius 1 is 0.974 bits per heavy atom. The van der Waals surface area contributed by atoms with Crippen LogP contribution in [0.4, 0.5) is 29.7 Å². The first kappa shape index (κ1) is 25.0. The van der Waals surface area contributed by atoms with Gasteiger partial charge in [-0.1, -0.05) is 0 Å². The highest BCUT2D eigenvalue weighted by molar-refractivity contribution is 5.91. The molecule has 2 aliphatic heterocycles. The highest BCUT2D eigenvalue weighted by Crippen LogP contribution is 2.33. The molecule has 3 aromatic rings. The molecule has 38 heavy (non-hydrogen) atoms. The molecular formula is C25H22F2N4O7. The first-order valence-corrected chi connectivity index (χ1v) is 11.6. The van der Waals surface area contributed by atoms with Crippen LogP contribution in [0, 0.1) is 11.6 Å². The van der Waals surface area contributed by atoms with Crippen LogP contribution in [0.25, 0.3) is 11.1 Å². The van der Waals surface area contributed by atoms with E-state index in [0.717, 1.165) is 12.1 Å². The van der Waals surface area contributed by atoms with Crippen molar-refractivity contribution in [2.75, 3.05) is 36.0 Å². The predicted molar refractivity (Wildman–Crippen MR) is 128 cm³/mol. The van der Waals surface area contributed by atoms with Gasteiger partial charge in [0.05, 0.1) is 31.0 Å². The van der Waals surface area contributed by atoms with Gasteiger partial charge in [-0.15, -0.1) is 0 Å². The maximum atomic E-state index is 15.1. The summed E-state index contributed by atoms with van der Waals surface area (Å²) >= 11 is 0. The normalized spacial score (nSPS) is 18.9. The number of nitrogens with zero attached hydrogens (tertiary/aromatic N) is 3. The molecule has 0 unspecified atom stereocenters. The van der Waals surface area contributed by atoms with Crippen molar-refractivity contribution in [1.29, 1.82) is 0 Å². The smallest absolute Gasteiger partial charge is 0.414 e. The zero-order valence-corrected chi connectivity index (χ0v) is 20.1. The van der Waals surface area contributed by atoms with E-state index in [1.54, 1.807) is 0 Å². The van der Waals surface area contributed by atoms with Gasteiger partial charge in [-0.25, -0.2) is 18.4 Å². The lowest BCUT2D eigenvalue weighted by Gasteiger charge is -2.16. The van der Waals surface area contributed by atoms with Crippen LogP contribution in [-0.4, -0.2) is 61.7 Å². The Hall–Kier alpha value is -4.68. The summed E-state index contributed by atoms with van der Waals surface area (Å²) in [4.78, 5) is 38.1. The van der Waals surface area contributed by atoms with Crippen LogP contribution in [0.5, 0.6) is 5.88 Å². The molecular weight excluding hydrogens is 506 g/mol. The maximum absolute atomic E-state index is 15.1. The standard InChI is InChI=1S/C25H22F2N4O7/c1-14(32)28-10-17-11-30(24(33)37-17)15-2-4-19(21(26)8-15)20-5-3-16(9-22(20)27)31-12-18(38-25(31)34)13-35-23-6-7-36-29-23/h2-9,17-18H,10-13H2,1H3,(H,28,32)/t17-,18+/m0/s1. The summed E-state index contributed by atoms with van der Waals surface area (Å²) in [5.74, 6) is -1.52. The third kappa shape index (κ3) is 5.21. The second-order valence-corrected chi connectivity index (χ2v) is 8.65. The Bertz CT molecular complexity index is 1370. The Balaban J connectivity index is 1.27. The van der Waals surface area contributed by atoms with Crippen molar-refractivity contribution in [3.63, 3.8) is 0 Å². The molecule has 2 aromatic carbocycles. The minimum atomic E-state index is -0.752. The van der Waals surface area contributed by atoms with Gasteiger partial charge in [0.25, 0.3) is 5.88 Å². The van der Waals surface area contributed by atoms with E-state index in [0.29, 0.717) is 0 Å². The molecule has 13 heteroatoms. The molecule has 2 aliphatic rings. The van der Waals surface area contributed by atoms with Crippen LogP contribution in [0.15, 0.2) is 53.3 Å². The van der Waals surface area contributed by atoms with Gasteiger partial charge in [0.2, 0.25) is 5.91 Å². The molecule has 0 saturated carbocycles. The van der Waals surface area contributed by atoms with Crippen LogP contribution >= 0.6 is 0 Å². The number of benzene rings is 2. The molecule has 2 atom stereocenters. The summed E-state index contributed by atoms with van der Waals surface area (Å²) in [5.41, 5.74) is 0.423. The van der Waals surface area contributed by atoms with Gasteiger partial charge < -0.3 is 24.1 Å². The molecule has 0 spiro atoms. The Morgan fingerprint density at radius 2 is 1.55 bits per heavy atom. The molecule has 3 amide bonds. The van der Waals surface area contributed by atoms with Crippen molar-refractivity contribution < 1.29 is 41.9 Å². The number of cyclic esters (lactones) is 2. The molecule has 2 saturated heterocycles. The number of carbonyl (C=O) groups is 3. The molecule has 0 aliphatic carbocycles. The molecule has 0 radical (unpaired) electrons. The number of anilines is 2. The number of halogens is 2. The summed E-state index contributed by atoms with van der Waals surface area (Å²) in [6, 6.07) is 9.43. The predicted octanol–water partition coefficient (Wildman–Crippen LogP) is 3.49. The fourth-order valence-corrected chi connectivity index (χ4v) is 4.15. The number of hydrogen-bond acceptors (Lipinski definition) is 8. The average Bonchev–Trinajstić information content (AvgIpc) is 3.62. The number of carbonyl (C=O) groups excluding carboxylic acids is 3. The number of aromatic nitrogens is 1. The largest absolute Gasteiger partial charge is 0.471 e. The summed E-state index contributed by atoms with van der Waals surface area (Å²) in [6.45, 7) is 1.75. The number of hydrogen-bond donors (Lipinski definition) is 1. The summed E-state index contributed by atoms with van der Waals surface area (Å²) in [7, 11) is 0. The van der Waals surface area contributed by atoms with E-state index in [9.17, 15) is 14.4 Å². The second kappa shape index (κ2) is 10.4. The van der Waals surface area contributed by atoms with Gasteiger partial charge in [-0.2, -0.15) is 0 Å². The van der Waals surface area contributed by atoms with Crippen molar-refractivity contribution in [2.24, 2.45) is 0 Å². The number of amides is 3. The Kier molecular flexibility index (Phi) is 6.81. The Labute approximate surface area is 214 Å². The van der Waals surface area contributed by atoms with Crippen molar-refractivity contribution in [3.8, 4) is 17.0 Å². The van der Waals surface area contributed by atoms with Crippen molar-refractivity contribution >= 4 is 29.5 Å². The van der Waals surface area contributed by atoms with Gasteiger partial charge in [-0.05, 0) is 41.6 Å². The highest BCUT2D eigenvalue weighted by atomic mass is 19.1. The van der Waals surface area contributed by atoms with Gasteiger partial charge in [0, 0.05) is 24.1 Å². The molecule has 2 fully saturated rings. The fraction of sp³-hybridized carbons (Fsp3) is 0.280.